The molecule has 0 rings (SSSR count). The molecule has 5 N–H and O–H groups in total. The molecule has 0 aliphatic heterocycles. The molecule has 0 amide bonds. The second kappa shape index (κ2) is 4.72. The molecule has 0 heterocycles. The topological polar surface area (TPSA) is 130 Å². The molecule has 0 radical (unpaired) electrons. The number of hydrogen-bond donors (Lipinski definition) is 4. The molecule has 0 aromatic heterocycles. The van der Waals surface area contributed by atoms with Crippen molar-refractivity contribution in [3.05, 3.63) is 11.8 Å². The molecule has 0 saturated heterocycles. The molecule has 0 aromatic carbocycles. The van der Waals surface area contributed by atoms with Gasteiger partial charge in [0.2, 0.25) is 0 Å². The van der Waals surface area contributed by atoms with Crippen LogP contribution in [0.4, 0.5) is 0 Å². The van der Waals surface area contributed by atoms with E-state index in [1.54, 1.807) is 0 Å². The minimum Gasteiger partial charge on any atom is -0.402 e. The van der Waals surface area contributed by atoms with Crippen LogP contribution in [-0.2, 0) is 13.7 Å². The molecule has 0 aliphatic carbocycles. The van der Waals surface area contributed by atoms with Crippen LogP contribution in [-0.4, -0.2) is 20.4 Å². The first kappa shape index (κ1) is 12.6. The smallest absolute Gasteiger partial charge is 0.402 e. The summed E-state index contributed by atoms with van der Waals surface area (Å²) in [6.07, 6.45) is 0.676. The Morgan fingerprint density at radius 3 is 2.23 bits per heavy atom. The molecule has 9 heteroatoms. The van der Waals surface area contributed by atoms with Crippen LogP contribution in [0.3, 0.4) is 0 Å². The Kier molecular flexibility index (Phi) is 4.56. The summed E-state index contributed by atoms with van der Waals surface area (Å²) >= 11 is 0. The van der Waals surface area contributed by atoms with E-state index in [1.165, 1.54) is 6.92 Å². The maximum atomic E-state index is 10.5. The fourth-order valence-corrected chi connectivity index (χ4v) is 1.61. The van der Waals surface area contributed by atoms with Gasteiger partial charge in [0.05, 0.1) is 6.08 Å². The van der Waals surface area contributed by atoms with E-state index in [1.807, 2.05) is 0 Å². The average Bonchev–Trinajstić information content (AvgIpc) is 1.82. The first-order valence-electron chi connectivity index (χ1n) is 2.97. The minimum atomic E-state index is -3.23. The van der Waals surface area contributed by atoms with Crippen LogP contribution >= 0.6 is 16.3 Å². The summed E-state index contributed by atoms with van der Waals surface area (Å²) < 4.78 is 24.6. The van der Waals surface area contributed by atoms with Crippen molar-refractivity contribution in [3.63, 3.8) is 0 Å². The van der Waals surface area contributed by atoms with E-state index < -0.39 is 21.8 Å². The van der Waals surface area contributed by atoms with Crippen LogP contribution in [0, 0.1) is 0 Å². The third kappa shape index (κ3) is 4.38. The molecule has 0 spiro atoms. The van der Waals surface area contributed by atoms with Crippen molar-refractivity contribution in [3.8, 4) is 0 Å². The van der Waals surface area contributed by atoms with Gasteiger partial charge in [-0.05, 0) is 16.0 Å². The van der Waals surface area contributed by atoms with Gasteiger partial charge in [-0.25, -0.2) is 0 Å². The maximum absolute atomic E-state index is 10.5. The summed E-state index contributed by atoms with van der Waals surface area (Å²) in [5, 5.41) is 9.17. The monoisotopic (exact) mass is 229 g/mol. The second-order valence-corrected chi connectivity index (χ2v) is 3.99. The van der Waals surface area contributed by atoms with E-state index in [2.05, 4.69) is 4.52 Å². The number of allylic oxidation sites excluding steroid dienone is 1. The highest BCUT2D eigenvalue weighted by Gasteiger charge is 2.55. The van der Waals surface area contributed by atoms with Gasteiger partial charge >= 0.3 is 21.8 Å². The minimum absolute atomic E-state index is 0.0169. The first-order valence-corrected chi connectivity index (χ1v) is 5.31. The fourth-order valence-electron chi connectivity index (χ4n) is 0.528. The molecular formula is C4H9NO6P2+2. The van der Waals surface area contributed by atoms with Gasteiger partial charge < -0.3 is 10.8 Å². The first-order chi connectivity index (χ1) is 5.78. The van der Waals surface area contributed by atoms with Gasteiger partial charge in [-0.15, -0.1) is 4.89 Å². The molecule has 13 heavy (non-hydrogen) atoms. The Morgan fingerprint density at radius 1 is 1.54 bits per heavy atom. The van der Waals surface area contributed by atoms with Crippen LogP contribution < -0.4 is 5.73 Å². The molecule has 0 aliphatic rings. The van der Waals surface area contributed by atoms with Crippen LogP contribution in [0.5, 0.6) is 0 Å². The largest absolute Gasteiger partial charge is 0.702 e. The lowest BCUT2D eigenvalue weighted by Gasteiger charge is -2.01. The molecule has 3 atom stereocenters. The van der Waals surface area contributed by atoms with Crippen molar-refractivity contribution in [1.29, 1.82) is 0 Å². The summed E-state index contributed by atoms with van der Waals surface area (Å²) in [6, 6.07) is 0. The Morgan fingerprint density at radius 2 is 2.00 bits per heavy atom. The summed E-state index contributed by atoms with van der Waals surface area (Å²) in [4.78, 5) is 16.8. The molecule has 0 fully saturated rings. The van der Waals surface area contributed by atoms with Crippen LogP contribution in [0.2, 0.25) is 0 Å². The van der Waals surface area contributed by atoms with Gasteiger partial charge in [-0.2, -0.15) is 4.89 Å². The molecule has 0 aromatic rings. The summed E-state index contributed by atoms with van der Waals surface area (Å²) in [6.45, 7) is 1.32. The van der Waals surface area contributed by atoms with Crippen molar-refractivity contribution in [2.45, 2.75) is 12.5 Å². The quantitative estimate of drug-likeness (QED) is 0.391. The Bertz CT molecular complexity index is 261. The summed E-state index contributed by atoms with van der Waals surface area (Å²) in [7, 11) is -6.42. The predicted octanol–water partition coefficient (Wildman–Crippen LogP) is -0.104. The van der Waals surface area contributed by atoms with E-state index in [4.69, 9.17) is 15.5 Å². The number of nitrogens with two attached hydrogens (primary N) is 1. The zero-order valence-electron chi connectivity index (χ0n) is 6.62. The molecule has 7 nitrogen and oxygen atoms in total. The number of rotatable bonds is 4. The van der Waals surface area contributed by atoms with Gasteiger partial charge in [0.15, 0.2) is 0 Å². The lowest BCUT2D eigenvalue weighted by atomic mass is 10.4. The van der Waals surface area contributed by atoms with E-state index >= 15 is 0 Å². The fraction of sp³-hybridized carbons (Fsp3) is 0.500. The molecule has 74 valence electrons. The predicted molar refractivity (Wildman–Crippen MR) is 43.6 cm³/mol. The van der Waals surface area contributed by atoms with Crippen LogP contribution in [0.1, 0.15) is 6.92 Å². The third-order valence-electron chi connectivity index (χ3n) is 0.902. The van der Waals surface area contributed by atoms with E-state index in [9.17, 15) is 14.2 Å². The van der Waals surface area contributed by atoms with Crippen molar-refractivity contribution in [2.75, 3.05) is 0 Å². The van der Waals surface area contributed by atoms with E-state index in [0.29, 0.717) is 6.08 Å². The van der Waals surface area contributed by atoms with Crippen molar-refractivity contribution < 1.29 is 28.5 Å². The van der Waals surface area contributed by atoms with Crippen LogP contribution in [0.25, 0.3) is 0 Å². The number of aliphatic hydroxyl groups is 1. The molecular weight excluding hydrogens is 220 g/mol. The van der Waals surface area contributed by atoms with Crippen molar-refractivity contribution >= 4 is 16.3 Å². The van der Waals surface area contributed by atoms with Gasteiger partial charge in [0, 0.05) is 10.3 Å². The number of hydrogen-bond acceptors (Lipinski definition) is 5. The van der Waals surface area contributed by atoms with Crippen molar-refractivity contribution in [2.24, 2.45) is 5.73 Å². The maximum Gasteiger partial charge on any atom is 0.702 e. The zero-order valence-corrected chi connectivity index (χ0v) is 8.40. The van der Waals surface area contributed by atoms with Crippen LogP contribution in [0.15, 0.2) is 11.8 Å². The highest BCUT2D eigenvalue weighted by molar-refractivity contribution is 7.41. The molecule has 0 bridgehead atoms. The zero-order chi connectivity index (χ0) is 10.6. The van der Waals surface area contributed by atoms with Gasteiger partial charge in [0.25, 0.3) is 0 Å². The van der Waals surface area contributed by atoms with Gasteiger partial charge in [-0.3, -0.25) is 0 Å². The molecule has 0 saturated carbocycles. The highest BCUT2D eigenvalue weighted by atomic mass is 31.1. The van der Waals surface area contributed by atoms with E-state index in [0.717, 1.165) is 0 Å². The standard InChI is InChI=1S/C4H7NO6P2/c1-3(5)2-4(6,12(7)8)11-13(9)10/h2,6H,5H2,1H3/p+2. The SMILES string of the molecule is CC(N)=CC(O)(O[P+](=O)O)[P+](=O)O. The second-order valence-electron chi connectivity index (χ2n) is 2.15. The van der Waals surface area contributed by atoms with E-state index in [-0.39, 0.29) is 5.70 Å². The molecule has 3 unspecified atom stereocenters. The Labute approximate surface area is 75.7 Å². The van der Waals surface area contributed by atoms with Crippen molar-refractivity contribution in [1.82, 2.24) is 0 Å². The summed E-state index contributed by atoms with van der Waals surface area (Å²) in [5.74, 6) is 0. The third-order valence-corrected chi connectivity index (χ3v) is 2.25. The Hall–Kier alpha value is -0.420. The lowest BCUT2D eigenvalue weighted by molar-refractivity contribution is -0.0272. The average molecular weight is 229 g/mol. The Balaban J connectivity index is 4.84. The van der Waals surface area contributed by atoms with Gasteiger partial charge in [-0.1, -0.05) is 0 Å². The lowest BCUT2D eigenvalue weighted by Crippen LogP contribution is -2.23. The normalized spacial score (nSPS) is 19.2. The highest BCUT2D eigenvalue weighted by Crippen LogP contribution is 2.41. The van der Waals surface area contributed by atoms with Gasteiger partial charge in [0.1, 0.15) is 0 Å². The summed E-state index contributed by atoms with van der Waals surface area (Å²) in [5.41, 5.74) is 2.37.